The number of aliphatic hydroxyl groups excluding tert-OH is 1. The Morgan fingerprint density at radius 1 is 1.50 bits per heavy atom. The zero-order chi connectivity index (χ0) is 15.9. The van der Waals surface area contributed by atoms with Crippen LogP contribution in [0.4, 0.5) is 4.39 Å². The maximum Gasteiger partial charge on any atom is 0.270 e. The van der Waals surface area contributed by atoms with Crippen molar-refractivity contribution in [3.8, 4) is 0 Å². The standard InChI is InChI=1S/C16H19FN2O2S/c1-2-13(20)6-7-18-16(21)14-10-22-15(19-14)9-11-4-3-5-12(17)8-11/h3-5,8,10,13,20H,2,6-7,9H2,1H3,(H,18,21). The summed E-state index contributed by atoms with van der Waals surface area (Å²) >= 11 is 1.38. The largest absolute Gasteiger partial charge is 0.393 e. The minimum atomic E-state index is -0.390. The highest BCUT2D eigenvalue weighted by Crippen LogP contribution is 2.15. The molecule has 118 valence electrons. The monoisotopic (exact) mass is 322 g/mol. The Morgan fingerprint density at radius 3 is 3.05 bits per heavy atom. The normalized spacial score (nSPS) is 12.1. The highest BCUT2D eigenvalue weighted by molar-refractivity contribution is 7.09. The van der Waals surface area contributed by atoms with E-state index in [9.17, 15) is 14.3 Å². The number of carbonyl (C=O) groups excluding carboxylic acids is 1. The Morgan fingerprint density at radius 2 is 2.32 bits per heavy atom. The number of rotatable bonds is 7. The number of aromatic nitrogens is 1. The summed E-state index contributed by atoms with van der Waals surface area (Å²) in [6.07, 6.45) is 1.32. The van der Waals surface area contributed by atoms with E-state index in [1.807, 2.05) is 13.0 Å². The van der Waals surface area contributed by atoms with Gasteiger partial charge in [0.25, 0.3) is 5.91 Å². The van der Waals surface area contributed by atoms with Crippen LogP contribution in [-0.2, 0) is 6.42 Å². The topological polar surface area (TPSA) is 62.2 Å². The van der Waals surface area contributed by atoms with Crippen molar-refractivity contribution in [2.24, 2.45) is 0 Å². The van der Waals surface area contributed by atoms with Gasteiger partial charge in [-0.3, -0.25) is 4.79 Å². The molecule has 0 aliphatic heterocycles. The van der Waals surface area contributed by atoms with E-state index in [1.165, 1.54) is 23.5 Å². The number of benzene rings is 1. The van der Waals surface area contributed by atoms with Gasteiger partial charge in [-0.15, -0.1) is 11.3 Å². The predicted octanol–water partition coefficient (Wildman–Crippen LogP) is 2.76. The molecule has 1 heterocycles. The minimum absolute atomic E-state index is 0.245. The number of aliphatic hydroxyl groups is 1. The zero-order valence-electron chi connectivity index (χ0n) is 12.4. The number of carbonyl (C=O) groups is 1. The Kier molecular flexibility index (Phi) is 6.03. The van der Waals surface area contributed by atoms with Gasteiger partial charge in [0.05, 0.1) is 11.1 Å². The van der Waals surface area contributed by atoms with Gasteiger partial charge < -0.3 is 10.4 Å². The van der Waals surface area contributed by atoms with Gasteiger partial charge in [-0.05, 0) is 30.5 Å². The molecule has 1 aromatic heterocycles. The van der Waals surface area contributed by atoms with E-state index in [0.29, 0.717) is 31.5 Å². The molecular formula is C16H19FN2O2S. The maximum atomic E-state index is 13.1. The van der Waals surface area contributed by atoms with E-state index in [1.54, 1.807) is 11.4 Å². The molecule has 0 saturated carbocycles. The number of halogens is 1. The van der Waals surface area contributed by atoms with Crippen LogP contribution in [0.3, 0.4) is 0 Å². The van der Waals surface area contributed by atoms with Crippen LogP contribution in [-0.4, -0.2) is 28.6 Å². The molecule has 0 fully saturated rings. The molecule has 0 bridgehead atoms. The second-order valence-corrected chi connectivity index (χ2v) is 5.98. The number of nitrogens with zero attached hydrogens (tertiary/aromatic N) is 1. The molecule has 2 aromatic rings. The average Bonchev–Trinajstić information content (AvgIpc) is 2.95. The SMILES string of the molecule is CCC(O)CCNC(=O)c1csc(Cc2cccc(F)c2)n1. The second kappa shape index (κ2) is 8.00. The summed E-state index contributed by atoms with van der Waals surface area (Å²) < 4.78 is 13.1. The first-order chi connectivity index (χ1) is 10.6. The van der Waals surface area contributed by atoms with Crippen LogP contribution in [0.25, 0.3) is 0 Å². The Hall–Kier alpha value is -1.79. The van der Waals surface area contributed by atoms with Crippen molar-refractivity contribution in [3.05, 3.63) is 51.7 Å². The van der Waals surface area contributed by atoms with Gasteiger partial charge in [-0.25, -0.2) is 9.37 Å². The average molecular weight is 322 g/mol. The van der Waals surface area contributed by atoms with Gasteiger partial charge in [0.2, 0.25) is 0 Å². The van der Waals surface area contributed by atoms with E-state index < -0.39 is 0 Å². The summed E-state index contributed by atoms with van der Waals surface area (Å²) in [6.45, 7) is 2.32. The van der Waals surface area contributed by atoms with Gasteiger partial charge >= 0.3 is 0 Å². The molecule has 0 aliphatic carbocycles. The summed E-state index contributed by atoms with van der Waals surface area (Å²) in [6, 6.07) is 6.35. The third-order valence-corrected chi connectivity index (χ3v) is 4.11. The molecule has 1 aromatic carbocycles. The summed E-state index contributed by atoms with van der Waals surface area (Å²) in [5.74, 6) is -0.522. The quantitative estimate of drug-likeness (QED) is 0.824. The number of thiazole rings is 1. The van der Waals surface area contributed by atoms with Gasteiger partial charge in [-0.2, -0.15) is 0 Å². The van der Waals surface area contributed by atoms with Crippen molar-refractivity contribution in [2.75, 3.05) is 6.54 Å². The third-order valence-electron chi connectivity index (χ3n) is 3.26. The van der Waals surface area contributed by atoms with Crippen molar-refractivity contribution in [1.82, 2.24) is 10.3 Å². The fraction of sp³-hybridized carbons (Fsp3) is 0.375. The molecule has 0 radical (unpaired) electrons. The molecule has 2 N–H and O–H groups in total. The van der Waals surface area contributed by atoms with E-state index in [2.05, 4.69) is 10.3 Å². The van der Waals surface area contributed by atoms with E-state index in [-0.39, 0.29) is 17.8 Å². The van der Waals surface area contributed by atoms with E-state index in [4.69, 9.17) is 0 Å². The lowest BCUT2D eigenvalue weighted by Crippen LogP contribution is -2.27. The number of hydrogen-bond acceptors (Lipinski definition) is 4. The van der Waals surface area contributed by atoms with Crippen molar-refractivity contribution in [3.63, 3.8) is 0 Å². The molecule has 1 amide bonds. The first-order valence-corrected chi connectivity index (χ1v) is 8.11. The Labute approximate surface area is 133 Å². The van der Waals surface area contributed by atoms with Crippen LogP contribution in [0, 0.1) is 5.82 Å². The lowest BCUT2D eigenvalue weighted by Gasteiger charge is -2.07. The smallest absolute Gasteiger partial charge is 0.270 e. The van der Waals surface area contributed by atoms with Gasteiger partial charge in [0.15, 0.2) is 0 Å². The van der Waals surface area contributed by atoms with Crippen LogP contribution < -0.4 is 5.32 Å². The Balaban J connectivity index is 1.89. The van der Waals surface area contributed by atoms with E-state index in [0.717, 1.165) is 10.6 Å². The third kappa shape index (κ3) is 4.89. The molecule has 0 saturated heterocycles. The first kappa shape index (κ1) is 16.6. The van der Waals surface area contributed by atoms with Gasteiger partial charge in [0.1, 0.15) is 11.5 Å². The van der Waals surface area contributed by atoms with Crippen molar-refractivity contribution < 1.29 is 14.3 Å². The van der Waals surface area contributed by atoms with Crippen LogP contribution in [0.1, 0.15) is 40.8 Å². The zero-order valence-corrected chi connectivity index (χ0v) is 13.2. The molecule has 1 atom stereocenters. The summed E-state index contributed by atoms with van der Waals surface area (Å²) in [7, 11) is 0. The molecule has 6 heteroatoms. The van der Waals surface area contributed by atoms with Crippen LogP contribution in [0.2, 0.25) is 0 Å². The van der Waals surface area contributed by atoms with Crippen LogP contribution in [0.5, 0.6) is 0 Å². The number of amides is 1. The fourth-order valence-electron chi connectivity index (χ4n) is 1.96. The van der Waals surface area contributed by atoms with Crippen molar-refractivity contribution >= 4 is 17.2 Å². The molecule has 0 spiro atoms. The highest BCUT2D eigenvalue weighted by atomic mass is 32.1. The molecule has 4 nitrogen and oxygen atoms in total. The molecule has 1 unspecified atom stereocenters. The number of nitrogens with one attached hydrogen (secondary N) is 1. The predicted molar refractivity (Wildman–Crippen MR) is 84.6 cm³/mol. The van der Waals surface area contributed by atoms with Gasteiger partial charge in [0, 0.05) is 18.3 Å². The maximum absolute atomic E-state index is 13.1. The first-order valence-electron chi connectivity index (χ1n) is 7.23. The molecule has 2 rings (SSSR count). The fourth-order valence-corrected chi connectivity index (χ4v) is 2.77. The molecular weight excluding hydrogens is 303 g/mol. The summed E-state index contributed by atoms with van der Waals surface area (Å²) in [5.41, 5.74) is 1.19. The van der Waals surface area contributed by atoms with E-state index >= 15 is 0 Å². The minimum Gasteiger partial charge on any atom is -0.393 e. The lowest BCUT2D eigenvalue weighted by molar-refractivity contribution is 0.0937. The summed E-state index contributed by atoms with van der Waals surface area (Å²) in [5, 5.41) is 14.6. The molecule has 22 heavy (non-hydrogen) atoms. The molecule has 0 aliphatic rings. The Bertz CT molecular complexity index is 630. The van der Waals surface area contributed by atoms with Crippen LogP contribution >= 0.6 is 11.3 Å². The lowest BCUT2D eigenvalue weighted by atomic mass is 10.1. The van der Waals surface area contributed by atoms with Crippen molar-refractivity contribution in [1.29, 1.82) is 0 Å². The summed E-state index contributed by atoms with van der Waals surface area (Å²) in [4.78, 5) is 16.2. The number of hydrogen-bond donors (Lipinski definition) is 2. The van der Waals surface area contributed by atoms with Crippen LogP contribution in [0.15, 0.2) is 29.6 Å². The highest BCUT2D eigenvalue weighted by Gasteiger charge is 2.11. The van der Waals surface area contributed by atoms with Gasteiger partial charge in [-0.1, -0.05) is 19.1 Å². The van der Waals surface area contributed by atoms with Crippen molar-refractivity contribution in [2.45, 2.75) is 32.3 Å². The second-order valence-electron chi connectivity index (χ2n) is 5.04.